The maximum atomic E-state index is 12.2. The van der Waals surface area contributed by atoms with E-state index in [1.54, 1.807) is 4.57 Å². The molecule has 0 fully saturated rings. The van der Waals surface area contributed by atoms with Crippen LogP contribution in [0.5, 0.6) is 0 Å². The summed E-state index contributed by atoms with van der Waals surface area (Å²) < 4.78 is 1.73. The Balaban J connectivity index is 2.40. The summed E-state index contributed by atoms with van der Waals surface area (Å²) in [5, 5.41) is 3.04. The predicted octanol–water partition coefficient (Wildman–Crippen LogP) is 1.73. The van der Waals surface area contributed by atoms with Crippen molar-refractivity contribution in [2.24, 2.45) is 0 Å². The van der Waals surface area contributed by atoms with Crippen LogP contribution in [-0.2, 0) is 6.54 Å². The third-order valence-electron chi connectivity index (χ3n) is 2.71. The molecule has 1 aromatic carbocycles. The van der Waals surface area contributed by atoms with Gasteiger partial charge in [-0.1, -0.05) is 30.3 Å². The molecule has 0 bridgehead atoms. The van der Waals surface area contributed by atoms with E-state index in [0.717, 1.165) is 17.7 Å². The van der Waals surface area contributed by atoms with E-state index in [1.165, 1.54) is 0 Å². The Hall–Kier alpha value is -1.87. The largest absolute Gasteiger partial charge is 0.318 e. The molecule has 1 N–H and O–H groups in total. The zero-order valence-electron chi connectivity index (χ0n) is 9.89. The number of pyridine rings is 1. The highest BCUT2D eigenvalue weighted by molar-refractivity contribution is 5.61. The van der Waals surface area contributed by atoms with Crippen molar-refractivity contribution in [1.29, 1.82) is 0 Å². The van der Waals surface area contributed by atoms with Crippen LogP contribution in [0.25, 0.3) is 11.1 Å². The van der Waals surface area contributed by atoms with E-state index in [1.807, 2.05) is 55.7 Å². The van der Waals surface area contributed by atoms with Crippen LogP contribution >= 0.6 is 0 Å². The van der Waals surface area contributed by atoms with E-state index in [9.17, 15) is 4.79 Å². The summed E-state index contributed by atoms with van der Waals surface area (Å²) in [6.45, 7) is 1.48. The highest BCUT2D eigenvalue weighted by atomic mass is 16.1. The van der Waals surface area contributed by atoms with Crippen LogP contribution in [0, 0.1) is 0 Å². The Kier molecular flexibility index (Phi) is 3.73. The fourth-order valence-electron chi connectivity index (χ4n) is 1.78. The van der Waals surface area contributed by atoms with Gasteiger partial charge in [-0.2, -0.15) is 0 Å². The fraction of sp³-hybridized carbons (Fsp3) is 0.214. The molecule has 0 saturated heterocycles. The molecule has 0 aliphatic rings. The molecule has 0 spiro atoms. The van der Waals surface area contributed by atoms with Crippen LogP contribution in [0.4, 0.5) is 0 Å². The van der Waals surface area contributed by atoms with Gasteiger partial charge in [-0.15, -0.1) is 0 Å². The highest BCUT2D eigenvalue weighted by Gasteiger charge is 2.04. The van der Waals surface area contributed by atoms with Gasteiger partial charge in [0.15, 0.2) is 0 Å². The van der Waals surface area contributed by atoms with Gasteiger partial charge in [0.1, 0.15) is 0 Å². The molecule has 2 aromatic rings. The van der Waals surface area contributed by atoms with Crippen LogP contribution in [0.2, 0.25) is 0 Å². The summed E-state index contributed by atoms with van der Waals surface area (Å²) in [4.78, 5) is 12.2. The van der Waals surface area contributed by atoms with E-state index >= 15 is 0 Å². The maximum Gasteiger partial charge on any atom is 0.258 e. The minimum Gasteiger partial charge on any atom is -0.318 e. The molecule has 3 nitrogen and oxygen atoms in total. The Morgan fingerprint density at radius 2 is 1.88 bits per heavy atom. The summed E-state index contributed by atoms with van der Waals surface area (Å²) in [6, 6.07) is 13.5. The normalized spacial score (nSPS) is 10.4. The standard InChI is InChI=1S/C14H16N2O/c1-15-9-11-16-10-5-8-13(14(16)17)12-6-3-2-4-7-12/h2-8,10,15H,9,11H2,1H3. The molecule has 0 atom stereocenters. The molecule has 0 amide bonds. The topological polar surface area (TPSA) is 34.0 Å². The van der Waals surface area contributed by atoms with Gasteiger partial charge in [0.05, 0.1) is 0 Å². The first kappa shape index (κ1) is 11.6. The summed E-state index contributed by atoms with van der Waals surface area (Å²) in [7, 11) is 1.88. The number of aromatic nitrogens is 1. The average Bonchev–Trinajstić information content (AvgIpc) is 2.39. The van der Waals surface area contributed by atoms with Crippen LogP contribution < -0.4 is 10.9 Å². The van der Waals surface area contributed by atoms with Crippen LogP contribution in [0.1, 0.15) is 0 Å². The Morgan fingerprint density at radius 1 is 1.12 bits per heavy atom. The zero-order valence-corrected chi connectivity index (χ0v) is 9.89. The van der Waals surface area contributed by atoms with Crippen molar-refractivity contribution in [2.75, 3.05) is 13.6 Å². The van der Waals surface area contributed by atoms with Gasteiger partial charge in [0.25, 0.3) is 5.56 Å². The number of nitrogens with zero attached hydrogens (tertiary/aromatic N) is 1. The molecule has 0 aliphatic heterocycles. The Morgan fingerprint density at radius 3 is 2.59 bits per heavy atom. The lowest BCUT2D eigenvalue weighted by Crippen LogP contribution is -2.25. The van der Waals surface area contributed by atoms with E-state index in [0.29, 0.717) is 6.54 Å². The molecule has 3 heteroatoms. The molecule has 2 rings (SSSR count). The number of hydrogen-bond acceptors (Lipinski definition) is 2. The van der Waals surface area contributed by atoms with E-state index < -0.39 is 0 Å². The second kappa shape index (κ2) is 5.46. The van der Waals surface area contributed by atoms with Gasteiger partial charge >= 0.3 is 0 Å². The number of likely N-dealkylation sites (N-methyl/N-ethyl adjacent to an activating group) is 1. The average molecular weight is 228 g/mol. The first-order chi connectivity index (χ1) is 8.33. The van der Waals surface area contributed by atoms with E-state index in [4.69, 9.17) is 0 Å². The zero-order chi connectivity index (χ0) is 12.1. The van der Waals surface area contributed by atoms with Crippen LogP contribution in [-0.4, -0.2) is 18.2 Å². The minimum absolute atomic E-state index is 0.0638. The van der Waals surface area contributed by atoms with Crippen LogP contribution in [0.15, 0.2) is 53.5 Å². The van der Waals surface area contributed by atoms with Crippen molar-refractivity contribution in [3.05, 3.63) is 59.0 Å². The monoisotopic (exact) mass is 228 g/mol. The van der Waals surface area contributed by atoms with Crippen molar-refractivity contribution in [3.63, 3.8) is 0 Å². The van der Waals surface area contributed by atoms with Crippen molar-refractivity contribution in [3.8, 4) is 11.1 Å². The lowest BCUT2D eigenvalue weighted by Gasteiger charge is -2.07. The summed E-state index contributed by atoms with van der Waals surface area (Å²) >= 11 is 0. The highest BCUT2D eigenvalue weighted by Crippen LogP contribution is 2.13. The fourth-order valence-corrected chi connectivity index (χ4v) is 1.78. The third-order valence-corrected chi connectivity index (χ3v) is 2.71. The first-order valence-electron chi connectivity index (χ1n) is 5.72. The van der Waals surface area contributed by atoms with E-state index in [-0.39, 0.29) is 5.56 Å². The molecule has 17 heavy (non-hydrogen) atoms. The SMILES string of the molecule is CNCCn1cccc(-c2ccccc2)c1=O. The quantitative estimate of drug-likeness (QED) is 0.864. The molecule has 0 unspecified atom stereocenters. The van der Waals surface area contributed by atoms with Gasteiger partial charge in [-0.3, -0.25) is 4.79 Å². The molecule has 0 saturated carbocycles. The lowest BCUT2D eigenvalue weighted by atomic mass is 10.1. The predicted molar refractivity (Wildman–Crippen MR) is 70.1 cm³/mol. The van der Waals surface area contributed by atoms with Crippen molar-refractivity contribution in [1.82, 2.24) is 9.88 Å². The van der Waals surface area contributed by atoms with Gasteiger partial charge in [-0.05, 0) is 24.7 Å². The summed E-state index contributed by atoms with van der Waals surface area (Å²) in [5.74, 6) is 0. The first-order valence-corrected chi connectivity index (χ1v) is 5.72. The molecular formula is C14H16N2O. The number of rotatable bonds is 4. The molecule has 0 radical (unpaired) electrons. The summed E-state index contributed by atoms with van der Waals surface area (Å²) in [6.07, 6.45) is 1.83. The van der Waals surface area contributed by atoms with Gasteiger partial charge in [0, 0.05) is 24.8 Å². The van der Waals surface area contributed by atoms with Gasteiger partial charge in [-0.25, -0.2) is 0 Å². The van der Waals surface area contributed by atoms with Crippen molar-refractivity contribution >= 4 is 0 Å². The molecule has 1 aromatic heterocycles. The second-order valence-corrected chi connectivity index (χ2v) is 3.89. The van der Waals surface area contributed by atoms with Crippen LogP contribution in [0.3, 0.4) is 0 Å². The van der Waals surface area contributed by atoms with Gasteiger partial charge in [0.2, 0.25) is 0 Å². The minimum atomic E-state index is 0.0638. The maximum absolute atomic E-state index is 12.2. The number of nitrogens with one attached hydrogen (secondary N) is 1. The third kappa shape index (κ3) is 2.63. The smallest absolute Gasteiger partial charge is 0.258 e. The Bertz CT molecular complexity index is 531. The molecule has 88 valence electrons. The van der Waals surface area contributed by atoms with Crippen molar-refractivity contribution in [2.45, 2.75) is 6.54 Å². The number of benzene rings is 1. The summed E-state index contributed by atoms with van der Waals surface area (Å²) in [5.41, 5.74) is 1.79. The molecule has 1 heterocycles. The Labute approximate surface area is 101 Å². The second-order valence-electron chi connectivity index (χ2n) is 3.89. The molecule has 0 aliphatic carbocycles. The number of hydrogen-bond donors (Lipinski definition) is 1. The van der Waals surface area contributed by atoms with E-state index in [2.05, 4.69) is 5.32 Å². The lowest BCUT2D eigenvalue weighted by molar-refractivity contribution is 0.627. The van der Waals surface area contributed by atoms with Gasteiger partial charge < -0.3 is 9.88 Å². The molecular weight excluding hydrogens is 212 g/mol. The van der Waals surface area contributed by atoms with Crippen molar-refractivity contribution < 1.29 is 0 Å².